The Morgan fingerprint density at radius 3 is 2.64 bits per heavy atom. The first-order valence-corrected chi connectivity index (χ1v) is 6.61. The van der Waals surface area contributed by atoms with Crippen LogP contribution in [0.5, 0.6) is 0 Å². The highest BCUT2D eigenvalue weighted by molar-refractivity contribution is 5.07. The molecule has 2 aliphatic carbocycles. The van der Waals surface area contributed by atoms with Gasteiger partial charge in [0, 0.05) is 11.6 Å². The van der Waals surface area contributed by atoms with Gasteiger partial charge < -0.3 is 0 Å². The molecular formula is C13H23N. The van der Waals surface area contributed by atoms with Crippen LogP contribution in [0.4, 0.5) is 0 Å². The van der Waals surface area contributed by atoms with Crippen LogP contribution in [0, 0.1) is 5.92 Å². The van der Waals surface area contributed by atoms with Crippen molar-refractivity contribution < 1.29 is 0 Å². The molecule has 1 saturated heterocycles. The highest BCUT2D eigenvalue weighted by Crippen LogP contribution is 2.52. The van der Waals surface area contributed by atoms with Crippen molar-refractivity contribution in [2.24, 2.45) is 5.92 Å². The Morgan fingerprint density at radius 2 is 2.00 bits per heavy atom. The lowest BCUT2D eigenvalue weighted by atomic mass is 9.62. The molecule has 2 saturated carbocycles. The molecule has 1 heteroatoms. The molecule has 3 aliphatic rings. The van der Waals surface area contributed by atoms with E-state index in [0.717, 1.165) is 12.0 Å². The third kappa shape index (κ3) is 1.32. The molecule has 0 N–H and O–H groups in total. The maximum absolute atomic E-state index is 2.91. The SMILES string of the molecule is CCC1CC2(CCCCN2C2CC2)C1. The Labute approximate surface area is 87.9 Å². The number of piperidine rings is 1. The fourth-order valence-corrected chi connectivity index (χ4v) is 3.82. The molecule has 0 amide bonds. The van der Waals surface area contributed by atoms with Gasteiger partial charge >= 0.3 is 0 Å². The molecule has 0 aromatic heterocycles. The minimum atomic E-state index is 0.708. The minimum Gasteiger partial charge on any atom is -0.295 e. The van der Waals surface area contributed by atoms with Gasteiger partial charge in [0.05, 0.1) is 0 Å². The average Bonchev–Trinajstić information content (AvgIpc) is 2.97. The van der Waals surface area contributed by atoms with Gasteiger partial charge in [-0.15, -0.1) is 0 Å². The van der Waals surface area contributed by atoms with Gasteiger partial charge in [0.15, 0.2) is 0 Å². The molecule has 1 aliphatic heterocycles. The van der Waals surface area contributed by atoms with Crippen LogP contribution < -0.4 is 0 Å². The van der Waals surface area contributed by atoms with E-state index in [0.29, 0.717) is 5.54 Å². The molecule has 1 heterocycles. The largest absolute Gasteiger partial charge is 0.295 e. The van der Waals surface area contributed by atoms with Gasteiger partial charge in [-0.1, -0.05) is 19.8 Å². The van der Waals surface area contributed by atoms with E-state index >= 15 is 0 Å². The summed E-state index contributed by atoms with van der Waals surface area (Å²) in [5.41, 5.74) is 0.708. The van der Waals surface area contributed by atoms with Gasteiger partial charge in [-0.25, -0.2) is 0 Å². The van der Waals surface area contributed by atoms with Gasteiger partial charge in [0.1, 0.15) is 0 Å². The van der Waals surface area contributed by atoms with Gasteiger partial charge in [0.25, 0.3) is 0 Å². The van der Waals surface area contributed by atoms with Crippen molar-refractivity contribution in [1.29, 1.82) is 0 Å². The zero-order valence-electron chi connectivity index (χ0n) is 9.47. The summed E-state index contributed by atoms with van der Waals surface area (Å²) in [6.45, 7) is 3.78. The number of rotatable bonds is 2. The quantitative estimate of drug-likeness (QED) is 0.651. The van der Waals surface area contributed by atoms with E-state index in [-0.39, 0.29) is 0 Å². The molecule has 0 bridgehead atoms. The van der Waals surface area contributed by atoms with E-state index < -0.39 is 0 Å². The Balaban J connectivity index is 1.69. The molecule has 80 valence electrons. The topological polar surface area (TPSA) is 3.24 Å². The maximum Gasteiger partial charge on any atom is 0.0217 e. The van der Waals surface area contributed by atoms with Gasteiger partial charge in [-0.05, 0) is 51.0 Å². The lowest BCUT2D eigenvalue weighted by molar-refractivity contribution is -0.0596. The lowest BCUT2D eigenvalue weighted by Crippen LogP contribution is -2.60. The summed E-state index contributed by atoms with van der Waals surface area (Å²) in [7, 11) is 0. The second-order valence-electron chi connectivity index (χ2n) is 5.79. The predicted molar refractivity (Wildman–Crippen MR) is 59.3 cm³/mol. The summed E-state index contributed by atoms with van der Waals surface area (Å²) in [5, 5.41) is 0. The van der Waals surface area contributed by atoms with E-state index in [2.05, 4.69) is 11.8 Å². The second-order valence-corrected chi connectivity index (χ2v) is 5.79. The zero-order chi connectivity index (χ0) is 9.60. The molecule has 3 fully saturated rings. The molecular weight excluding hydrogens is 170 g/mol. The first kappa shape index (κ1) is 9.21. The van der Waals surface area contributed by atoms with Crippen LogP contribution >= 0.6 is 0 Å². The monoisotopic (exact) mass is 193 g/mol. The summed E-state index contributed by atoms with van der Waals surface area (Å²) in [4.78, 5) is 2.91. The molecule has 0 aromatic carbocycles. The van der Waals surface area contributed by atoms with Gasteiger partial charge in [0.2, 0.25) is 0 Å². The van der Waals surface area contributed by atoms with Crippen LogP contribution in [0.1, 0.15) is 58.3 Å². The molecule has 1 spiro atoms. The fourth-order valence-electron chi connectivity index (χ4n) is 3.82. The number of hydrogen-bond acceptors (Lipinski definition) is 1. The Bertz CT molecular complexity index is 213. The van der Waals surface area contributed by atoms with Crippen LogP contribution in [0.2, 0.25) is 0 Å². The van der Waals surface area contributed by atoms with Crippen molar-refractivity contribution >= 4 is 0 Å². The van der Waals surface area contributed by atoms with Crippen LogP contribution in [0.25, 0.3) is 0 Å². The van der Waals surface area contributed by atoms with Crippen molar-refractivity contribution in [1.82, 2.24) is 4.90 Å². The van der Waals surface area contributed by atoms with Crippen molar-refractivity contribution in [3.8, 4) is 0 Å². The van der Waals surface area contributed by atoms with Crippen LogP contribution in [0.15, 0.2) is 0 Å². The van der Waals surface area contributed by atoms with Crippen LogP contribution in [-0.2, 0) is 0 Å². The number of hydrogen-bond donors (Lipinski definition) is 0. The molecule has 0 atom stereocenters. The van der Waals surface area contributed by atoms with Crippen molar-refractivity contribution in [2.45, 2.75) is 69.9 Å². The summed E-state index contributed by atoms with van der Waals surface area (Å²) in [5.74, 6) is 1.06. The Kier molecular flexibility index (Phi) is 2.12. The molecule has 3 rings (SSSR count). The maximum atomic E-state index is 2.91. The van der Waals surface area contributed by atoms with Crippen molar-refractivity contribution in [3.63, 3.8) is 0 Å². The summed E-state index contributed by atoms with van der Waals surface area (Å²) >= 11 is 0. The normalized spacial score (nSPS) is 43.9. The van der Waals surface area contributed by atoms with E-state index in [1.807, 2.05) is 0 Å². The Hall–Kier alpha value is -0.0400. The van der Waals surface area contributed by atoms with E-state index in [9.17, 15) is 0 Å². The smallest absolute Gasteiger partial charge is 0.0217 e. The lowest BCUT2D eigenvalue weighted by Gasteiger charge is -2.57. The average molecular weight is 193 g/mol. The van der Waals surface area contributed by atoms with Crippen LogP contribution in [0.3, 0.4) is 0 Å². The summed E-state index contributed by atoms with van der Waals surface area (Å²) < 4.78 is 0. The summed E-state index contributed by atoms with van der Waals surface area (Å²) in [6, 6.07) is 1.01. The third-order valence-corrected chi connectivity index (χ3v) is 4.80. The molecule has 14 heavy (non-hydrogen) atoms. The molecule has 0 radical (unpaired) electrons. The highest BCUT2D eigenvalue weighted by Gasteiger charge is 2.52. The molecule has 1 nitrogen and oxygen atoms in total. The fraction of sp³-hybridized carbons (Fsp3) is 1.00. The molecule has 0 aromatic rings. The first-order valence-electron chi connectivity index (χ1n) is 6.61. The molecule has 0 unspecified atom stereocenters. The number of likely N-dealkylation sites (tertiary alicyclic amines) is 1. The van der Waals surface area contributed by atoms with E-state index in [4.69, 9.17) is 0 Å². The second kappa shape index (κ2) is 3.23. The predicted octanol–water partition coefficient (Wildman–Crippen LogP) is 3.19. The standard InChI is InChI=1S/C13H23N/c1-2-11-9-13(10-11)7-3-4-8-14(13)12-5-6-12/h11-12H,2-10H2,1H3. The first-order chi connectivity index (χ1) is 6.84. The Morgan fingerprint density at radius 1 is 1.21 bits per heavy atom. The van der Waals surface area contributed by atoms with Crippen LogP contribution in [-0.4, -0.2) is 23.0 Å². The summed E-state index contributed by atoms with van der Waals surface area (Å²) in [6.07, 6.45) is 12.0. The van der Waals surface area contributed by atoms with Crippen molar-refractivity contribution in [2.75, 3.05) is 6.54 Å². The highest BCUT2D eigenvalue weighted by atomic mass is 15.3. The number of nitrogens with zero attached hydrogens (tertiary/aromatic N) is 1. The third-order valence-electron chi connectivity index (χ3n) is 4.80. The minimum absolute atomic E-state index is 0.708. The van der Waals surface area contributed by atoms with Crippen molar-refractivity contribution in [3.05, 3.63) is 0 Å². The van der Waals surface area contributed by atoms with E-state index in [1.54, 1.807) is 0 Å². The van der Waals surface area contributed by atoms with Gasteiger partial charge in [-0.2, -0.15) is 0 Å². The van der Waals surface area contributed by atoms with E-state index in [1.165, 1.54) is 57.9 Å². The zero-order valence-corrected chi connectivity index (χ0v) is 9.47. The van der Waals surface area contributed by atoms with Gasteiger partial charge in [-0.3, -0.25) is 4.90 Å².